The van der Waals surface area contributed by atoms with Crippen LogP contribution in [0, 0.1) is 0 Å². The SMILES string of the molecule is CN(C)c1nc2c(c(N(C)C)n1)CCN(C(=O)c1c[nH]c(=O)cc1O)C2. The van der Waals surface area contributed by atoms with E-state index in [1.807, 2.05) is 38.0 Å². The quantitative estimate of drug-likeness (QED) is 0.807. The fraction of sp³-hybridized carbons (Fsp3) is 0.412. The van der Waals surface area contributed by atoms with Crippen LogP contribution in [0.3, 0.4) is 0 Å². The molecular weight excluding hydrogens is 336 g/mol. The summed E-state index contributed by atoms with van der Waals surface area (Å²) in [5.74, 6) is 0.752. The van der Waals surface area contributed by atoms with Crippen molar-refractivity contribution in [2.45, 2.75) is 13.0 Å². The highest BCUT2D eigenvalue weighted by Crippen LogP contribution is 2.28. The average Bonchev–Trinajstić information content (AvgIpc) is 2.59. The molecule has 0 aromatic carbocycles. The summed E-state index contributed by atoms with van der Waals surface area (Å²) >= 11 is 0. The third-order valence-electron chi connectivity index (χ3n) is 4.28. The lowest BCUT2D eigenvalue weighted by atomic mass is 10.0. The fourth-order valence-electron chi connectivity index (χ4n) is 2.94. The summed E-state index contributed by atoms with van der Waals surface area (Å²) in [6.07, 6.45) is 1.86. The number of carbonyl (C=O) groups is 1. The van der Waals surface area contributed by atoms with Gasteiger partial charge in [-0.3, -0.25) is 9.59 Å². The summed E-state index contributed by atoms with van der Waals surface area (Å²) in [6, 6.07) is 1.00. The minimum absolute atomic E-state index is 0.0720. The second-order valence-corrected chi connectivity index (χ2v) is 6.63. The Kier molecular flexibility index (Phi) is 4.54. The lowest BCUT2D eigenvalue weighted by Gasteiger charge is -2.31. The Morgan fingerprint density at radius 1 is 1.23 bits per heavy atom. The van der Waals surface area contributed by atoms with Crippen molar-refractivity contribution in [3.8, 4) is 5.75 Å². The molecule has 0 saturated heterocycles. The number of carbonyl (C=O) groups excluding carboxylic acids is 1. The Balaban J connectivity index is 1.96. The van der Waals surface area contributed by atoms with Gasteiger partial charge in [0.1, 0.15) is 11.6 Å². The van der Waals surface area contributed by atoms with Crippen LogP contribution in [-0.4, -0.2) is 65.6 Å². The normalized spacial score (nSPS) is 13.3. The number of hydrogen-bond donors (Lipinski definition) is 2. The molecule has 138 valence electrons. The van der Waals surface area contributed by atoms with Gasteiger partial charge in [0.05, 0.1) is 17.8 Å². The van der Waals surface area contributed by atoms with Crippen molar-refractivity contribution >= 4 is 17.7 Å². The molecule has 0 fully saturated rings. The number of anilines is 2. The number of fused-ring (bicyclic) bond motifs is 1. The molecule has 0 spiro atoms. The van der Waals surface area contributed by atoms with Crippen molar-refractivity contribution in [1.29, 1.82) is 0 Å². The maximum atomic E-state index is 12.8. The highest BCUT2D eigenvalue weighted by Gasteiger charge is 2.28. The van der Waals surface area contributed by atoms with E-state index in [1.165, 1.54) is 6.20 Å². The molecule has 2 aromatic rings. The second-order valence-electron chi connectivity index (χ2n) is 6.63. The number of rotatable bonds is 3. The lowest BCUT2D eigenvalue weighted by molar-refractivity contribution is 0.0728. The van der Waals surface area contributed by atoms with E-state index >= 15 is 0 Å². The predicted octanol–water partition coefficient (Wildman–Crippen LogP) is 0.201. The first kappa shape index (κ1) is 17.7. The molecule has 3 heterocycles. The topological polar surface area (TPSA) is 106 Å². The molecule has 0 radical (unpaired) electrons. The summed E-state index contributed by atoms with van der Waals surface area (Å²) in [4.78, 5) is 41.0. The van der Waals surface area contributed by atoms with Crippen molar-refractivity contribution in [1.82, 2.24) is 19.9 Å². The summed E-state index contributed by atoms with van der Waals surface area (Å²) in [5, 5.41) is 9.92. The smallest absolute Gasteiger partial charge is 0.259 e. The third kappa shape index (κ3) is 3.19. The molecule has 1 amide bonds. The molecule has 1 aliphatic rings. The van der Waals surface area contributed by atoms with E-state index in [1.54, 1.807) is 4.90 Å². The molecule has 0 saturated carbocycles. The van der Waals surface area contributed by atoms with E-state index in [0.717, 1.165) is 23.1 Å². The van der Waals surface area contributed by atoms with Crippen LogP contribution in [0.5, 0.6) is 5.75 Å². The average molecular weight is 358 g/mol. The van der Waals surface area contributed by atoms with Gasteiger partial charge >= 0.3 is 0 Å². The molecule has 1 aliphatic heterocycles. The zero-order valence-electron chi connectivity index (χ0n) is 15.3. The first-order valence-corrected chi connectivity index (χ1v) is 8.23. The van der Waals surface area contributed by atoms with Gasteiger partial charge in [-0.25, -0.2) is 4.98 Å². The number of aromatic hydroxyl groups is 1. The van der Waals surface area contributed by atoms with Crippen LogP contribution in [0.15, 0.2) is 17.1 Å². The lowest BCUT2D eigenvalue weighted by Crippen LogP contribution is -2.38. The van der Waals surface area contributed by atoms with Crippen molar-refractivity contribution in [3.63, 3.8) is 0 Å². The molecule has 9 nitrogen and oxygen atoms in total. The highest BCUT2D eigenvalue weighted by atomic mass is 16.3. The van der Waals surface area contributed by atoms with Crippen molar-refractivity contribution in [3.05, 3.63) is 39.4 Å². The molecule has 0 bridgehead atoms. The van der Waals surface area contributed by atoms with Crippen molar-refractivity contribution in [2.24, 2.45) is 0 Å². The number of aromatic nitrogens is 3. The van der Waals surface area contributed by atoms with Gasteiger partial charge in [-0.15, -0.1) is 0 Å². The largest absolute Gasteiger partial charge is 0.507 e. The van der Waals surface area contributed by atoms with Crippen molar-refractivity contribution < 1.29 is 9.90 Å². The van der Waals surface area contributed by atoms with Gasteiger partial charge in [-0.1, -0.05) is 0 Å². The fourth-order valence-corrected chi connectivity index (χ4v) is 2.94. The van der Waals surface area contributed by atoms with E-state index < -0.39 is 5.56 Å². The van der Waals surface area contributed by atoms with Crippen LogP contribution in [-0.2, 0) is 13.0 Å². The van der Waals surface area contributed by atoms with Gasteiger partial charge in [-0.05, 0) is 6.42 Å². The van der Waals surface area contributed by atoms with Crippen LogP contribution in [0.1, 0.15) is 21.6 Å². The van der Waals surface area contributed by atoms with E-state index in [2.05, 4.69) is 15.0 Å². The number of hydrogen-bond acceptors (Lipinski definition) is 7. The maximum absolute atomic E-state index is 12.8. The zero-order chi connectivity index (χ0) is 19.0. The van der Waals surface area contributed by atoms with Gasteiger partial charge in [-0.2, -0.15) is 4.98 Å². The summed E-state index contributed by atoms with van der Waals surface area (Å²) < 4.78 is 0. The highest BCUT2D eigenvalue weighted by molar-refractivity contribution is 5.96. The zero-order valence-corrected chi connectivity index (χ0v) is 15.3. The minimum Gasteiger partial charge on any atom is -0.507 e. The van der Waals surface area contributed by atoms with Gasteiger partial charge in [0.15, 0.2) is 0 Å². The first-order chi connectivity index (χ1) is 12.3. The molecule has 2 aromatic heterocycles. The Labute approximate surface area is 150 Å². The van der Waals surface area contributed by atoms with Crippen molar-refractivity contribution in [2.75, 3.05) is 44.5 Å². The molecule has 9 heteroatoms. The van der Waals surface area contributed by atoms with E-state index in [4.69, 9.17) is 0 Å². The molecule has 0 atom stereocenters. The monoisotopic (exact) mass is 358 g/mol. The number of pyridine rings is 1. The Morgan fingerprint density at radius 2 is 1.96 bits per heavy atom. The van der Waals surface area contributed by atoms with Crippen LogP contribution in [0.25, 0.3) is 0 Å². The Morgan fingerprint density at radius 3 is 2.58 bits per heavy atom. The first-order valence-electron chi connectivity index (χ1n) is 8.23. The van der Waals surface area contributed by atoms with Crippen LogP contribution >= 0.6 is 0 Å². The predicted molar refractivity (Wildman–Crippen MR) is 97.9 cm³/mol. The maximum Gasteiger partial charge on any atom is 0.259 e. The number of nitrogens with zero attached hydrogens (tertiary/aromatic N) is 5. The van der Waals surface area contributed by atoms with Gasteiger partial charge in [0.25, 0.3) is 11.5 Å². The number of amides is 1. The molecule has 26 heavy (non-hydrogen) atoms. The summed E-state index contributed by atoms with van der Waals surface area (Å²) in [5.41, 5.74) is 1.43. The Bertz CT molecular complexity index is 906. The number of H-pyrrole nitrogens is 1. The number of aromatic amines is 1. The minimum atomic E-state index is -0.456. The molecular formula is C17H22N6O3. The Hall–Kier alpha value is -3.10. The van der Waals surface area contributed by atoms with E-state index in [-0.39, 0.29) is 17.2 Å². The second kappa shape index (κ2) is 6.66. The van der Waals surface area contributed by atoms with E-state index in [0.29, 0.717) is 25.5 Å². The molecule has 0 aliphatic carbocycles. The molecule has 0 unspecified atom stereocenters. The van der Waals surface area contributed by atoms with Crippen LogP contribution < -0.4 is 15.4 Å². The third-order valence-corrected chi connectivity index (χ3v) is 4.28. The van der Waals surface area contributed by atoms with Crippen LogP contribution in [0.4, 0.5) is 11.8 Å². The standard InChI is InChI=1S/C17H22N6O3/c1-21(2)15-10-5-6-23(9-12(10)19-17(20-15)22(3)4)16(26)11-8-18-14(25)7-13(11)24/h7-8H,5-6,9H2,1-4H3,(H2,18,24,25). The van der Waals surface area contributed by atoms with E-state index in [9.17, 15) is 14.7 Å². The summed E-state index contributed by atoms with van der Waals surface area (Å²) in [7, 11) is 7.59. The van der Waals surface area contributed by atoms with Crippen LogP contribution in [0.2, 0.25) is 0 Å². The molecule has 2 N–H and O–H groups in total. The molecule has 3 rings (SSSR count). The van der Waals surface area contributed by atoms with Gasteiger partial charge < -0.3 is 24.8 Å². The summed E-state index contributed by atoms with van der Waals surface area (Å²) in [6.45, 7) is 0.798. The van der Waals surface area contributed by atoms with Gasteiger partial charge in [0.2, 0.25) is 5.95 Å². The number of nitrogens with one attached hydrogen (secondary N) is 1. The van der Waals surface area contributed by atoms with Gasteiger partial charge in [0, 0.05) is 52.6 Å².